The van der Waals surface area contributed by atoms with E-state index >= 15 is 0 Å². The number of aliphatic hydroxyl groups is 1. The van der Waals surface area contributed by atoms with Gasteiger partial charge in [-0.05, 0) is 0 Å². The van der Waals surface area contributed by atoms with E-state index in [0.717, 1.165) is 6.42 Å². The van der Waals surface area contributed by atoms with Crippen LogP contribution < -0.4 is 0 Å². The molecule has 0 aliphatic carbocycles. The maximum Gasteiger partial charge on any atom is 0.0477 e. The van der Waals surface area contributed by atoms with Gasteiger partial charge in [0.1, 0.15) is 0 Å². The van der Waals surface area contributed by atoms with Gasteiger partial charge in [-0.15, -0.1) is 24.2 Å². The van der Waals surface area contributed by atoms with E-state index in [1.807, 2.05) is 6.92 Å². The molecular formula is C10H14O. The highest BCUT2D eigenvalue weighted by Crippen LogP contribution is 2.04. The van der Waals surface area contributed by atoms with E-state index in [0.29, 0.717) is 12.8 Å². The maximum absolute atomic E-state index is 8.79. The standard InChI is InChI=1S/C10H14O/c1-3-5-6-8-10(9-11)7-4-2/h2,10-11H,3,7-9H2,1H3/t10-/m0/s1. The van der Waals surface area contributed by atoms with Crippen molar-refractivity contribution in [1.29, 1.82) is 0 Å². The average Bonchev–Trinajstić information content (AvgIpc) is 2.03. The van der Waals surface area contributed by atoms with E-state index < -0.39 is 0 Å². The van der Waals surface area contributed by atoms with E-state index in [4.69, 9.17) is 11.5 Å². The minimum Gasteiger partial charge on any atom is -0.396 e. The first-order valence-electron chi connectivity index (χ1n) is 3.85. The molecule has 1 heteroatoms. The van der Waals surface area contributed by atoms with Crippen molar-refractivity contribution in [2.24, 2.45) is 5.92 Å². The molecule has 11 heavy (non-hydrogen) atoms. The van der Waals surface area contributed by atoms with Crippen LogP contribution in [0.5, 0.6) is 0 Å². The SMILES string of the molecule is C#CC[C@H](CO)CC#CCC. The Kier molecular flexibility index (Phi) is 6.59. The van der Waals surface area contributed by atoms with Gasteiger partial charge in [-0.2, -0.15) is 0 Å². The smallest absolute Gasteiger partial charge is 0.0477 e. The second-order valence-corrected chi connectivity index (χ2v) is 2.37. The van der Waals surface area contributed by atoms with Crippen LogP contribution in [0.25, 0.3) is 0 Å². The molecule has 0 rings (SSSR count). The molecule has 0 fully saturated rings. The number of rotatable bonds is 3. The molecule has 0 spiro atoms. The van der Waals surface area contributed by atoms with Crippen LogP contribution in [0, 0.1) is 30.1 Å². The van der Waals surface area contributed by atoms with Crippen LogP contribution in [0.4, 0.5) is 0 Å². The molecule has 0 saturated carbocycles. The summed E-state index contributed by atoms with van der Waals surface area (Å²) in [4.78, 5) is 0. The first-order chi connectivity index (χ1) is 5.35. The molecule has 0 aromatic heterocycles. The van der Waals surface area contributed by atoms with Crippen molar-refractivity contribution in [1.82, 2.24) is 0 Å². The van der Waals surface area contributed by atoms with Crippen LogP contribution in [0.3, 0.4) is 0 Å². The Balaban J connectivity index is 3.61. The number of hydrogen-bond donors (Lipinski definition) is 1. The zero-order valence-corrected chi connectivity index (χ0v) is 6.93. The highest BCUT2D eigenvalue weighted by Gasteiger charge is 2.01. The van der Waals surface area contributed by atoms with Gasteiger partial charge < -0.3 is 5.11 Å². The van der Waals surface area contributed by atoms with Crippen LogP contribution in [0.15, 0.2) is 0 Å². The van der Waals surface area contributed by atoms with Crippen molar-refractivity contribution in [3.8, 4) is 24.2 Å². The summed E-state index contributed by atoms with van der Waals surface area (Å²) >= 11 is 0. The highest BCUT2D eigenvalue weighted by atomic mass is 16.3. The molecular weight excluding hydrogens is 136 g/mol. The van der Waals surface area contributed by atoms with Crippen molar-refractivity contribution in [3.63, 3.8) is 0 Å². The van der Waals surface area contributed by atoms with E-state index in [9.17, 15) is 0 Å². The molecule has 1 N–H and O–H groups in total. The van der Waals surface area contributed by atoms with E-state index in [-0.39, 0.29) is 12.5 Å². The Morgan fingerprint density at radius 1 is 1.36 bits per heavy atom. The zero-order valence-electron chi connectivity index (χ0n) is 6.93. The molecule has 60 valence electrons. The molecule has 0 aliphatic rings. The van der Waals surface area contributed by atoms with Crippen LogP contribution in [0.2, 0.25) is 0 Å². The molecule has 0 unspecified atom stereocenters. The van der Waals surface area contributed by atoms with Gasteiger partial charge in [0.25, 0.3) is 0 Å². The minimum atomic E-state index is 0.141. The summed E-state index contributed by atoms with van der Waals surface area (Å²) in [6.07, 6.45) is 7.31. The lowest BCUT2D eigenvalue weighted by Gasteiger charge is -2.04. The van der Waals surface area contributed by atoms with Crippen LogP contribution in [0.1, 0.15) is 26.2 Å². The van der Waals surface area contributed by atoms with E-state index in [1.165, 1.54) is 0 Å². The summed E-state index contributed by atoms with van der Waals surface area (Å²) in [6, 6.07) is 0. The fourth-order valence-corrected chi connectivity index (χ4v) is 0.709. The van der Waals surface area contributed by atoms with E-state index in [1.54, 1.807) is 0 Å². The number of terminal acetylenes is 1. The molecule has 0 aliphatic heterocycles. The third kappa shape index (κ3) is 5.52. The Bertz CT molecular complexity index is 177. The molecule has 1 nitrogen and oxygen atoms in total. The Morgan fingerprint density at radius 2 is 2.09 bits per heavy atom. The Morgan fingerprint density at radius 3 is 2.55 bits per heavy atom. The molecule has 0 aromatic rings. The Labute approximate surface area is 68.8 Å². The summed E-state index contributed by atoms with van der Waals surface area (Å²) < 4.78 is 0. The van der Waals surface area contributed by atoms with Gasteiger partial charge in [0, 0.05) is 31.8 Å². The van der Waals surface area contributed by atoms with Crippen molar-refractivity contribution in [2.45, 2.75) is 26.2 Å². The summed E-state index contributed by atoms with van der Waals surface area (Å²) in [5, 5.41) is 8.79. The normalized spacial score (nSPS) is 11.0. The predicted octanol–water partition coefficient (Wildman–Crippen LogP) is 1.42. The van der Waals surface area contributed by atoms with E-state index in [2.05, 4.69) is 17.8 Å². The number of aliphatic hydroxyl groups excluding tert-OH is 1. The van der Waals surface area contributed by atoms with Gasteiger partial charge >= 0.3 is 0 Å². The lowest BCUT2D eigenvalue weighted by Crippen LogP contribution is -2.03. The van der Waals surface area contributed by atoms with Crippen LogP contribution >= 0.6 is 0 Å². The summed E-state index contributed by atoms with van der Waals surface area (Å²) in [7, 11) is 0. The van der Waals surface area contributed by atoms with Gasteiger partial charge in [0.15, 0.2) is 0 Å². The topological polar surface area (TPSA) is 20.2 Å². The summed E-state index contributed by atoms with van der Waals surface area (Å²) in [5.41, 5.74) is 0. The third-order valence-corrected chi connectivity index (χ3v) is 1.36. The molecule has 1 atom stereocenters. The van der Waals surface area contributed by atoms with Crippen molar-refractivity contribution < 1.29 is 5.11 Å². The second-order valence-electron chi connectivity index (χ2n) is 2.37. The maximum atomic E-state index is 8.79. The third-order valence-electron chi connectivity index (χ3n) is 1.36. The van der Waals surface area contributed by atoms with Crippen LogP contribution in [-0.2, 0) is 0 Å². The highest BCUT2D eigenvalue weighted by molar-refractivity contribution is 5.00. The molecule has 0 aromatic carbocycles. The van der Waals surface area contributed by atoms with Gasteiger partial charge in [0.05, 0.1) is 0 Å². The summed E-state index contributed by atoms with van der Waals surface area (Å²) in [5.74, 6) is 8.59. The first kappa shape index (κ1) is 10.1. The molecule has 0 saturated heterocycles. The minimum absolute atomic E-state index is 0.141. The summed E-state index contributed by atoms with van der Waals surface area (Å²) in [6.45, 7) is 2.14. The average molecular weight is 150 g/mol. The van der Waals surface area contributed by atoms with Crippen molar-refractivity contribution in [3.05, 3.63) is 0 Å². The van der Waals surface area contributed by atoms with Crippen molar-refractivity contribution >= 4 is 0 Å². The predicted molar refractivity (Wildman–Crippen MR) is 46.7 cm³/mol. The van der Waals surface area contributed by atoms with Gasteiger partial charge in [-0.25, -0.2) is 0 Å². The van der Waals surface area contributed by atoms with Crippen molar-refractivity contribution in [2.75, 3.05) is 6.61 Å². The Hall–Kier alpha value is -0.920. The molecule has 0 amide bonds. The largest absolute Gasteiger partial charge is 0.396 e. The fourth-order valence-electron chi connectivity index (χ4n) is 0.709. The molecule has 0 bridgehead atoms. The van der Waals surface area contributed by atoms with Gasteiger partial charge in [-0.1, -0.05) is 6.92 Å². The second kappa shape index (κ2) is 7.19. The monoisotopic (exact) mass is 150 g/mol. The van der Waals surface area contributed by atoms with Gasteiger partial charge in [-0.3, -0.25) is 0 Å². The first-order valence-corrected chi connectivity index (χ1v) is 3.85. The molecule has 0 heterocycles. The molecule has 0 radical (unpaired) electrons. The lowest BCUT2D eigenvalue weighted by molar-refractivity contribution is 0.232. The fraction of sp³-hybridized carbons (Fsp3) is 0.600. The number of hydrogen-bond acceptors (Lipinski definition) is 1. The van der Waals surface area contributed by atoms with Crippen LogP contribution in [-0.4, -0.2) is 11.7 Å². The lowest BCUT2D eigenvalue weighted by atomic mass is 10.0. The van der Waals surface area contributed by atoms with Gasteiger partial charge in [0.2, 0.25) is 0 Å². The quantitative estimate of drug-likeness (QED) is 0.603. The zero-order chi connectivity index (χ0) is 8.53.